The molecular weight excluding hydrogens is 228 g/mol. The fourth-order valence-corrected chi connectivity index (χ4v) is 2.52. The molecule has 0 amide bonds. The molecule has 0 unspecified atom stereocenters. The van der Waals surface area contributed by atoms with E-state index in [9.17, 15) is 8.78 Å². The average Bonchev–Trinajstić information content (AvgIpc) is 2.65. The third kappa shape index (κ3) is 2.46. The van der Waals surface area contributed by atoms with E-state index < -0.39 is 11.6 Å². The van der Waals surface area contributed by atoms with Crippen LogP contribution in [0.2, 0.25) is 0 Å². The predicted octanol–water partition coefficient (Wildman–Crippen LogP) is 3.19. The van der Waals surface area contributed by atoms with Crippen LogP contribution >= 0.6 is 11.3 Å². The van der Waals surface area contributed by atoms with E-state index in [0.29, 0.717) is 12.1 Å². The van der Waals surface area contributed by atoms with Gasteiger partial charge in [0.25, 0.3) is 0 Å². The van der Waals surface area contributed by atoms with Crippen molar-refractivity contribution < 1.29 is 8.78 Å². The van der Waals surface area contributed by atoms with Gasteiger partial charge in [0.2, 0.25) is 0 Å². The number of rotatable bonds is 3. The lowest BCUT2D eigenvalue weighted by Gasteiger charge is -1.98. The molecule has 1 heterocycles. The SMILES string of the molecule is NCCc1ccc(-c2cc(F)cc(F)c2)s1. The highest BCUT2D eigenvalue weighted by Gasteiger charge is 2.06. The summed E-state index contributed by atoms with van der Waals surface area (Å²) < 4.78 is 26.0. The first-order valence-electron chi connectivity index (χ1n) is 4.94. The van der Waals surface area contributed by atoms with Gasteiger partial charge in [0.15, 0.2) is 0 Å². The molecule has 0 spiro atoms. The number of nitrogens with two attached hydrogens (primary N) is 1. The topological polar surface area (TPSA) is 26.0 Å². The second kappa shape index (κ2) is 4.72. The Balaban J connectivity index is 2.34. The largest absolute Gasteiger partial charge is 0.330 e. The van der Waals surface area contributed by atoms with E-state index in [1.807, 2.05) is 12.1 Å². The zero-order valence-electron chi connectivity index (χ0n) is 8.54. The Labute approximate surface area is 96.5 Å². The second-order valence-electron chi connectivity index (χ2n) is 3.46. The summed E-state index contributed by atoms with van der Waals surface area (Å²) in [6.07, 6.45) is 0.794. The van der Waals surface area contributed by atoms with Crippen molar-refractivity contribution in [2.75, 3.05) is 6.54 Å². The monoisotopic (exact) mass is 239 g/mol. The Morgan fingerprint density at radius 3 is 2.38 bits per heavy atom. The molecule has 0 aliphatic heterocycles. The van der Waals surface area contributed by atoms with Gasteiger partial charge in [-0.05, 0) is 42.8 Å². The number of benzene rings is 1. The zero-order valence-corrected chi connectivity index (χ0v) is 9.36. The van der Waals surface area contributed by atoms with E-state index in [1.165, 1.54) is 23.5 Å². The molecule has 0 saturated carbocycles. The molecule has 16 heavy (non-hydrogen) atoms. The maximum atomic E-state index is 13.0. The third-order valence-corrected chi connectivity index (χ3v) is 3.39. The molecule has 84 valence electrons. The fraction of sp³-hybridized carbons (Fsp3) is 0.167. The van der Waals surface area contributed by atoms with Crippen LogP contribution in [0.3, 0.4) is 0 Å². The Hall–Kier alpha value is -1.26. The minimum Gasteiger partial charge on any atom is -0.330 e. The predicted molar refractivity (Wildman–Crippen MR) is 62.4 cm³/mol. The lowest BCUT2D eigenvalue weighted by Crippen LogP contribution is -2.00. The molecule has 1 aromatic heterocycles. The summed E-state index contributed by atoms with van der Waals surface area (Å²) in [4.78, 5) is 1.99. The highest BCUT2D eigenvalue weighted by atomic mass is 32.1. The summed E-state index contributed by atoms with van der Waals surface area (Å²) >= 11 is 1.51. The van der Waals surface area contributed by atoms with Crippen LogP contribution in [0, 0.1) is 11.6 Å². The first-order chi connectivity index (χ1) is 7.69. The van der Waals surface area contributed by atoms with Crippen LogP contribution in [0.25, 0.3) is 10.4 Å². The molecule has 0 saturated heterocycles. The van der Waals surface area contributed by atoms with Gasteiger partial charge >= 0.3 is 0 Å². The lowest BCUT2D eigenvalue weighted by molar-refractivity contribution is 0.584. The molecule has 0 aliphatic carbocycles. The van der Waals surface area contributed by atoms with Crippen molar-refractivity contribution in [3.05, 3.63) is 46.8 Å². The van der Waals surface area contributed by atoms with Crippen molar-refractivity contribution in [2.45, 2.75) is 6.42 Å². The molecule has 2 aromatic rings. The Morgan fingerprint density at radius 1 is 1.06 bits per heavy atom. The van der Waals surface area contributed by atoms with Crippen LogP contribution in [0.5, 0.6) is 0 Å². The van der Waals surface area contributed by atoms with Gasteiger partial charge in [-0.1, -0.05) is 0 Å². The number of thiophene rings is 1. The molecule has 4 heteroatoms. The minimum atomic E-state index is -0.552. The standard InChI is InChI=1S/C12H11F2NS/c13-9-5-8(6-10(14)7-9)12-2-1-11(16-12)3-4-15/h1-2,5-7H,3-4,15H2. The minimum absolute atomic E-state index is 0.552. The van der Waals surface area contributed by atoms with Crippen molar-refractivity contribution in [1.29, 1.82) is 0 Å². The van der Waals surface area contributed by atoms with Crippen molar-refractivity contribution in [2.24, 2.45) is 5.73 Å². The molecule has 0 fully saturated rings. The maximum Gasteiger partial charge on any atom is 0.126 e. The van der Waals surface area contributed by atoms with E-state index in [1.54, 1.807) is 0 Å². The van der Waals surface area contributed by atoms with Gasteiger partial charge in [-0.15, -0.1) is 11.3 Å². The molecule has 2 N–H and O–H groups in total. The van der Waals surface area contributed by atoms with Gasteiger partial charge < -0.3 is 5.73 Å². The van der Waals surface area contributed by atoms with Gasteiger partial charge in [0.05, 0.1) is 0 Å². The summed E-state index contributed by atoms with van der Waals surface area (Å²) in [6, 6.07) is 7.35. The first kappa shape index (κ1) is 11.2. The first-order valence-corrected chi connectivity index (χ1v) is 5.76. The van der Waals surface area contributed by atoms with Crippen molar-refractivity contribution in [3.8, 4) is 10.4 Å². The summed E-state index contributed by atoms with van der Waals surface area (Å²) in [5, 5.41) is 0. The molecule has 0 bridgehead atoms. The maximum absolute atomic E-state index is 13.0. The average molecular weight is 239 g/mol. The highest BCUT2D eigenvalue weighted by Crippen LogP contribution is 2.29. The summed E-state index contributed by atoms with van der Waals surface area (Å²) in [5.41, 5.74) is 6.02. The second-order valence-corrected chi connectivity index (χ2v) is 4.63. The zero-order chi connectivity index (χ0) is 11.5. The lowest BCUT2D eigenvalue weighted by atomic mass is 10.2. The quantitative estimate of drug-likeness (QED) is 0.874. The molecule has 0 radical (unpaired) electrons. The van der Waals surface area contributed by atoms with Crippen LogP contribution in [0.15, 0.2) is 30.3 Å². The Kier molecular flexibility index (Phi) is 3.31. The van der Waals surface area contributed by atoms with Gasteiger partial charge in [0.1, 0.15) is 11.6 Å². The Morgan fingerprint density at radius 2 is 1.75 bits per heavy atom. The molecule has 1 aromatic carbocycles. The van der Waals surface area contributed by atoms with E-state index in [-0.39, 0.29) is 0 Å². The van der Waals surface area contributed by atoms with Crippen LogP contribution in [0.1, 0.15) is 4.88 Å². The van der Waals surface area contributed by atoms with Crippen LogP contribution in [0.4, 0.5) is 8.78 Å². The molecule has 0 aliphatic rings. The number of hydrogen-bond donors (Lipinski definition) is 1. The molecule has 1 nitrogen and oxygen atoms in total. The van der Waals surface area contributed by atoms with Crippen LogP contribution in [-0.2, 0) is 6.42 Å². The van der Waals surface area contributed by atoms with E-state index in [2.05, 4.69) is 0 Å². The van der Waals surface area contributed by atoms with Crippen molar-refractivity contribution >= 4 is 11.3 Å². The van der Waals surface area contributed by atoms with Crippen LogP contribution < -0.4 is 5.73 Å². The highest BCUT2D eigenvalue weighted by molar-refractivity contribution is 7.15. The molecular formula is C12H11F2NS. The molecule has 0 atom stereocenters. The van der Waals surface area contributed by atoms with Gasteiger partial charge in [-0.3, -0.25) is 0 Å². The van der Waals surface area contributed by atoms with Gasteiger partial charge in [-0.2, -0.15) is 0 Å². The van der Waals surface area contributed by atoms with Crippen molar-refractivity contribution in [1.82, 2.24) is 0 Å². The van der Waals surface area contributed by atoms with Crippen molar-refractivity contribution in [3.63, 3.8) is 0 Å². The fourth-order valence-electron chi connectivity index (χ4n) is 1.51. The van der Waals surface area contributed by atoms with Gasteiger partial charge in [0, 0.05) is 15.8 Å². The van der Waals surface area contributed by atoms with E-state index >= 15 is 0 Å². The normalized spacial score (nSPS) is 10.7. The third-order valence-electron chi connectivity index (χ3n) is 2.20. The van der Waals surface area contributed by atoms with Crippen LogP contribution in [-0.4, -0.2) is 6.54 Å². The van der Waals surface area contributed by atoms with E-state index in [0.717, 1.165) is 22.2 Å². The van der Waals surface area contributed by atoms with E-state index in [4.69, 9.17) is 5.73 Å². The summed E-state index contributed by atoms with van der Waals surface area (Å²) in [6.45, 7) is 0.581. The Bertz CT molecular complexity index is 473. The smallest absolute Gasteiger partial charge is 0.126 e. The number of halogens is 2. The summed E-state index contributed by atoms with van der Waals surface area (Å²) in [7, 11) is 0. The number of hydrogen-bond acceptors (Lipinski definition) is 2. The summed E-state index contributed by atoms with van der Waals surface area (Å²) in [5.74, 6) is -1.10. The van der Waals surface area contributed by atoms with Gasteiger partial charge in [-0.25, -0.2) is 8.78 Å². The molecule has 2 rings (SSSR count).